The Labute approximate surface area is 124 Å². The minimum atomic E-state index is -0.532. The summed E-state index contributed by atoms with van der Waals surface area (Å²) >= 11 is 0. The first-order chi connectivity index (χ1) is 9.86. The molecule has 1 aromatic rings. The molecule has 0 unspecified atom stereocenters. The van der Waals surface area contributed by atoms with Crippen molar-refractivity contribution in [2.45, 2.75) is 26.3 Å². The van der Waals surface area contributed by atoms with Crippen LogP contribution in [0.5, 0.6) is 0 Å². The van der Waals surface area contributed by atoms with Crippen molar-refractivity contribution in [3.8, 4) is 0 Å². The fourth-order valence-corrected chi connectivity index (χ4v) is 2.49. The zero-order valence-electron chi connectivity index (χ0n) is 12.7. The molecule has 0 aromatic carbocycles. The van der Waals surface area contributed by atoms with E-state index in [1.165, 1.54) is 6.26 Å². The molecule has 3 N–H and O–H groups in total. The number of nitrogens with two attached hydrogens (primary N) is 1. The molecule has 0 bridgehead atoms. The van der Waals surface area contributed by atoms with Crippen LogP contribution in [0.3, 0.4) is 0 Å². The monoisotopic (exact) mass is 294 g/mol. The number of aryl methyl sites for hydroxylation is 1. The first-order valence-corrected chi connectivity index (χ1v) is 6.93. The number of oxime groups is 1. The second kappa shape index (κ2) is 5.77. The molecule has 0 aliphatic carbocycles. The van der Waals surface area contributed by atoms with Crippen LogP contribution in [0.15, 0.2) is 21.9 Å². The molecule has 0 spiro atoms. The van der Waals surface area contributed by atoms with Gasteiger partial charge in [0, 0.05) is 26.2 Å². The Morgan fingerprint density at radius 3 is 2.48 bits per heavy atom. The van der Waals surface area contributed by atoms with Crippen LogP contribution in [-0.4, -0.2) is 58.5 Å². The lowest BCUT2D eigenvalue weighted by molar-refractivity contribution is 0.0531. The van der Waals surface area contributed by atoms with E-state index in [0.717, 1.165) is 5.76 Å². The molecule has 1 saturated heterocycles. The third-order valence-corrected chi connectivity index (χ3v) is 4.07. The summed E-state index contributed by atoms with van der Waals surface area (Å²) < 4.78 is 5.18. The van der Waals surface area contributed by atoms with Crippen LogP contribution in [0, 0.1) is 6.92 Å². The first kappa shape index (κ1) is 15.4. The smallest absolute Gasteiger partial charge is 0.257 e. The highest BCUT2D eigenvalue weighted by atomic mass is 16.4. The molecular weight excluding hydrogens is 272 g/mol. The molecule has 1 aliphatic heterocycles. The fourth-order valence-electron chi connectivity index (χ4n) is 2.49. The lowest BCUT2D eigenvalue weighted by atomic mass is 10.00. The largest absolute Gasteiger partial charge is 0.469 e. The number of carbonyl (C=O) groups excluding carboxylic acids is 1. The van der Waals surface area contributed by atoms with Gasteiger partial charge in [-0.05, 0) is 26.8 Å². The molecule has 0 saturated carbocycles. The average Bonchev–Trinajstić information content (AvgIpc) is 2.92. The molecule has 2 rings (SSSR count). The van der Waals surface area contributed by atoms with Gasteiger partial charge in [0.05, 0.1) is 11.1 Å². The lowest BCUT2D eigenvalue weighted by Crippen LogP contribution is -2.60. The quantitative estimate of drug-likeness (QED) is 0.373. The van der Waals surface area contributed by atoms with Gasteiger partial charge in [0.1, 0.15) is 12.0 Å². The van der Waals surface area contributed by atoms with Crippen molar-refractivity contribution >= 4 is 11.7 Å². The van der Waals surface area contributed by atoms with Crippen molar-refractivity contribution in [3.05, 3.63) is 23.7 Å². The fraction of sp³-hybridized carbons (Fsp3) is 0.571. The molecule has 1 fully saturated rings. The van der Waals surface area contributed by atoms with E-state index >= 15 is 0 Å². The van der Waals surface area contributed by atoms with E-state index in [-0.39, 0.29) is 11.7 Å². The van der Waals surface area contributed by atoms with E-state index in [1.807, 2.05) is 20.8 Å². The molecule has 21 heavy (non-hydrogen) atoms. The van der Waals surface area contributed by atoms with Crippen LogP contribution in [0.1, 0.15) is 30.0 Å². The van der Waals surface area contributed by atoms with Crippen LogP contribution in [-0.2, 0) is 0 Å². The van der Waals surface area contributed by atoms with E-state index in [0.29, 0.717) is 31.7 Å². The number of amidine groups is 1. The summed E-state index contributed by atoms with van der Waals surface area (Å²) in [5.74, 6) is 0.880. The van der Waals surface area contributed by atoms with Gasteiger partial charge in [-0.1, -0.05) is 5.16 Å². The van der Waals surface area contributed by atoms with Crippen LogP contribution in [0.4, 0.5) is 0 Å². The Morgan fingerprint density at radius 1 is 1.38 bits per heavy atom. The van der Waals surface area contributed by atoms with E-state index in [1.54, 1.807) is 11.0 Å². The SMILES string of the molecule is Cc1cc(C(=O)N2CCN(C(C)(C)C(N)=NO)CC2)co1. The Balaban J connectivity index is 1.99. The highest BCUT2D eigenvalue weighted by molar-refractivity contribution is 5.94. The van der Waals surface area contributed by atoms with Gasteiger partial charge in [0.2, 0.25) is 0 Å². The van der Waals surface area contributed by atoms with Crippen LogP contribution >= 0.6 is 0 Å². The Kier molecular flexibility index (Phi) is 4.22. The van der Waals surface area contributed by atoms with Crippen molar-refractivity contribution < 1.29 is 14.4 Å². The number of hydrogen-bond donors (Lipinski definition) is 2. The highest BCUT2D eigenvalue weighted by Gasteiger charge is 2.34. The van der Waals surface area contributed by atoms with Gasteiger partial charge in [-0.2, -0.15) is 0 Å². The number of nitrogens with zero attached hydrogens (tertiary/aromatic N) is 3. The molecule has 1 aromatic heterocycles. The maximum Gasteiger partial charge on any atom is 0.257 e. The molecule has 7 heteroatoms. The van der Waals surface area contributed by atoms with E-state index in [4.69, 9.17) is 15.4 Å². The lowest BCUT2D eigenvalue weighted by Gasteiger charge is -2.43. The van der Waals surface area contributed by atoms with Crippen molar-refractivity contribution in [1.29, 1.82) is 0 Å². The zero-order valence-corrected chi connectivity index (χ0v) is 12.7. The summed E-state index contributed by atoms with van der Waals surface area (Å²) in [5, 5.41) is 12.0. The second-order valence-electron chi connectivity index (χ2n) is 5.77. The number of amides is 1. The Morgan fingerprint density at radius 2 is 2.00 bits per heavy atom. The topological polar surface area (TPSA) is 95.3 Å². The third kappa shape index (κ3) is 3.02. The van der Waals surface area contributed by atoms with Crippen LogP contribution < -0.4 is 5.73 Å². The van der Waals surface area contributed by atoms with E-state index in [2.05, 4.69) is 10.1 Å². The summed E-state index contributed by atoms with van der Waals surface area (Å²) in [4.78, 5) is 16.2. The Hall–Kier alpha value is -2.02. The average molecular weight is 294 g/mol. The predicted octanol–water partition coefficient (Wildman–Crippen LogP) is 0.871. The minimum Gasteiger partial charge on any atom is -0.469 e. The molecule has 7 nitrogen and oxygen atoms in total. The number of piperazine rings is 1. The molecule has 1 amide bonds. The van der Waals surface area contributed by atoms with Crippen molar-refractivity contribution in [3.63, 3.8) is 0 Å². The van der Waals surface area contributed by atoms with Gasteiger partial charge < -0.3 is 20.3 Å². The van der Waals surface area contributed by atoms with Crippen LogP contribution in [0.2, 0.25) is 0 Å². The minimum absolute atomic E-state index is 0.0203. The van der Waals surface area contributed by atoms with Gasteiger partial charge in [0.25, 0.3) is 5.91 Å². The number of hydrogen-bond acceptors (Lipinski definition) is 5. The maximum atomic E-state index is 12.3. The molecular formula is C14H22N4O3. The highest BCUT2D eigenvalue weighted by Crippen LogP contribution is 2.19. The number of rotatable bonds is 3. The van der Waals surface area contributed by atoms with E-state index < -0.39 is 5.54 Å². The number of furan rings is 1. The van der Waals surface area contributed by atoms with E-state index in [9.17, 15) is 4.79 Å². The van der Waals surface area contributed by atoms with Crippen molar-refractivity contribution in [1.82, 2.24) is 9.80 Å². The Bertz CT molecular complexity index is 542. The predicted molar refractivity (Wildman–Crippen MR) is 78.4 cm³/mol. The molecule has 2 heterocycles. The van der Waals surface area contributed by atoms with Crippen molar-refractivity contribution in [2.24, 2.45) is 10.9 Å². The van der Waals surface area contributed by atoms with Gasteiger partial charge >= 0.3 is 0 Å². The van der Waals surface area contributed by atoms with Crippen molar-refractivity contribution in [2.75, 3.05) is 26.2 Å². The van der Waals surface area contributed by atoms with Gasteiger partial charge in [0.15, 0.2) is 5.84 Å². The maximum absolute atomic E-state index is 12.3. The summed E-state index contributed by atoms with van der Waals surface area (Å²) in [7, 11) is 0. The zero-order chi connectivity index (χ0) is 15.6. The van der Waals surface area contributed by atoms with Crippen LogP contribution in [0.25, 0.3) is 0 Å². The summed E-state index contributed by atoms with van der Waals surface area (Å²) in [6, 6.07) is 1.75. The first-order valence-electron chi connectivity index (χ1n) is 6.93. The number of carbonyl (C=O) groups is 1. The molecule has 1 aliphatic rings. The second-order valence-corrected chi connectivity index (χ2v) is 5.77. The summed E-state index contributed by atoms with van der Waals surface area (Å²) in [6.07, 6.45) is 1.49. The summed E-state index contributed by atoms with van der Waals surface area (Å²) in [5.41, 5.74) is 5.78. The third-order valence-electron chi connectivity index (χ3n) is 4.07. The summed E-state index contributed by atoms with van der Waals surface area (Å²) in [6.45, 7) is 8.17. The standard InChI is InChI=1S/C14H22N4O3/c1-10-8-11(9-21-10)12(19)17-4-6-18(7-5-17)14(2,3)13(15)16-20/h8-9,20H,4-7H2,1-3H3,(H2,15,16). The molecule has 116 valence electrons. The van der Waals surface area contributed by atoms with Gasteiger partial charge in [-0.3, -0.25) is 9.69 Å². The molecule has 0 radical (unpaired) electrons. The normalized spacial score (nSPS) is 18.0. The van der Waals surface area contributed by atoms with Gasteiger partial charge in [-0.25, -0.2) is 0 Å². The molecule has 0 atom stereocenters. The van der Waals surface area contributed by atoms with Gasteiger partial charge in [-0.15, -0.1) is 0 Å².